The fourth-order valence-electron chi connectivity index (χ4n) is 0.991. The summed E-state index contributed by atoms with van der Waals surface area (Å²) in [6.07, 6.45) is -6.14. The highest BCUT2D eigenvalue weighted by molar-refractivity contribution is 5.97. The van der Waals surface area contributed by atoms with Gasteiger partial charge in [-0.1, -0.05) is 0 Å². The Kier molecular flexibility index (Phi) is 3.64. The van der Waals surface area contributed by atoms with E-state index < -0.39 is 41.0 Å². The van der Waals surface area contributed by atoms with Crippen molar-refractivity contribution >= 4 is 17.3 Å². The molecule has 0 heterocycles. The molecule has 0 spiro atoms. The third-order valence-corrected chi connectivity index (χ3v) is 1.98. The predicted octanol–water partition coefficient (Wildman–Crippen LogP) is 2.68. The van der Waals surface area contributed by atoms with Crippen molar-refractivity contribution in [3.8, 4) is 0 Å². The van der Waals surface area contributed by atoms with Crippen molar-refractivity contribution in [2.75, 3.05) is 11.1 Å². The van der Waals surface area contributed by atoms with E-state index in [2.05, 4.69) is 0 Å². The minimum Gasteiger partial charge on any atom is -0.396 e. The van der Waals surface area contributed by atoms with E-state index in [1.807, 2.05) is 0 Å². The van der Waals surface area contributed by atoms with Crippen molar-refractivity contribution < 1.29 is 35.5 Å². The van der Waals surface area contributed by atoms with E-state index in [0.29, 0.717) is 6.07 Å². The number of alkyl halides is 5. The molecule has 0 saturated heterocycles. The maximum Gasteiger partial charge on any atom is 0.463 e. The average molecular weight is 290 g/mol. The monoisotopic (exact) mass is 290 g/mol. The summed E-state index contributed by atoms with van der Waals surface area (Å²) >= 11 is 0. The van der Waals surface area contributed by atoms with Crippen LogP contribution < -0.4 is 11.1 Å². The molecule has 1 aromatic carbocycles. The number of benzene rings is 1. The van der Waals surface area contributed by atoms with Crippen molar-refractivity contribution in [2.45, 2.75) is 12.1 Å². The quantitative estimate of drug-likeness (QED) is 0.650. The highest BCUT2D eigenvalue weighted by atomic mass is 19.4. The number of rotatable bonds is 2. The van der Waals surface area contributed by atoms with Gasteiger partial charge in [-0.2, -0.15) is 22.0 Å². The average Bonchev–Trinajstić information content (AvgIpc) is 2.24. The molecule has 0 aliphatic carbocycles. The lowest BCUT2D eigenvalue weighted by Gasteiger charge is -2.19. The van der Waals surface area contributed by atoms with E-state index >= 15 is 0 Å². The Bertz CT molecular complexity index is 512. The maximum absolute atomic E-state index is 13.0. The molecule has 0 radical (unpaired) electrons. The molecule has 0 unspecified atom stereocenters. The Balaban J connectivity index is 3.05. The number of amides is 1. The van der Waals surface area contributed by atoms with Gasteiger partial charge in [0.15, 0.2) is 0 Å². The smallest absolute Gasteiger partial charge is 0.396 e. The molecule has 1 aromatic rings. The second kappa shape index (κ2) is 4.59. The van der Waals surface area contributed by atoms with Crippen molar-refractivity contribution in [1.82, 2.24) is 0 Å². The lowest BCUT2D eigenvalue weighted by atomic mass is 10.2. The summed E-state index contributed by atoms with van der Waals surface area (Å²) < 4.78 is 86.4. The number of nitrogens with one attached hydrogen (secondary N) is 1. The lowest BCUT2D eigenvalue weighted by molar-refractivity contribution is -0.267. The molecule has 0 aliphatic heterocycles. The van der Waals surface area contributed by atoms with E-state index in [1.165, 1.54) is 0 Å². The van der Waals surface area contributed by atoms with E-state index in [-0.39, 0.29) is 6.07 Å². The Labute approximate surface area is 101 Å². The molecular formula is C9H5F7N2O. The zero-order chi connectivity index (χ0) is 15.0. The highest BCUT2D eigenvalue weighted by Gasteiger charge is 2.63. The standard InChI is InChI=1S/C9H5F7N2O/c10-3-1-4(11)6(2-5(3)17)18-7(19)8(12,13)9(14,15)16/h1-2H,17H2,(H,18,19). The Hall–Kier alpha value is -2.00. The van der Waals surface area contributed by atoms with Crippen molar-refractivity contribution in [2.24, 2.45) is 0 Å². The fraction of sp³-hybridized carbons (Fsp3) is 0.222. The van der Waals surface area contributed by atoms with Crippen LogP contribution in [0, 0.1) is 11.6 Å². The first-order valence-corrected chi connectivity index (χ1v) is 4.47. The van der Waals surface area contributed by atoms with Crippen molar-refractivity contribution in [3.05, 3.63) is 23.8 Å². The lowest BCUT2D eigenvalue weighted by Crippen LogP contribution is -2.47. The Morgan fingerprint density at radius 2 is 1.58 bits per heavy atom. The van der Waals surface area contributed by atoms with Gasteiger partial charge in [0.2, 0.25) is 0 Å². The first-order chi connectivity index (χ1) is 8.46. The summed E-state index contributed by atoms with van der Waals surface area (Å²) in [6, 6.07) is 0.520. The summed E-state index contributed by atoms with van der Waals surface area (Å²) in [6.45, 7) is 0. The molecule has 0 bridgehead atoms. The molecular weight excluding hydrogens is 285 g/mol. The van der Waals surface area contributed by atoms with Crippen LogP contribution in [-0.2, 0) is 4.79 Å². The number of anilines is 2. The SMILES string of the molecule is Nc1cc(NC(=O)C(F)(F)C(F)(F)F)c(F)cc1F. The zero-order valence-corrected chi connectivity index (χ0v) is 8.79. The number of carbonyl (C=O) groups is 1. The molecule has 10 heteroatoms. The number of nitrogens with two attached hydrogens (primary N) is 1. The van der Waals surface area contributed by atoms with Gasteiger partial charge in [-0.15, -0.1) is 0 Å². The van der Waals surface area contributed by atoms with Crippen LogP contribution in [0.2, 0.25) is 0 Å². The van der Waals surface area contributed by atoms with Gasteiger partial charge in [0.05, 0.1) is 11.4 Å². The summed E-state index contributed by atoms with van der Waals surface area (Å²) in [5.41, 5.74) is 3.14. The maximum atomic E-state index is 13.0. The second-order valence-corrected chi connectivity index (χ2v) is 3.38. The predicted molar refractivity (Wildman–Crippen MR) is 50.4 cm³/mol. The van der Waals surface area contributed by atoms with Crippen LogP contribution in [0.15, 0.2) is 12.1 Å². The van der Waals surface area contributed by atoms with E-state index in [4.69, 9.17) is 5.73 Å². The minimum absolute atomic E-state index is 0.136. The zero-order valence-electron chi connectivity index (χ0n) is 8.79. The molecule has 1 rings (SSSR count). The second-order valence-electron chi connectivity index (χ2n) is 3.38. The largest absolute Gasteiger partial charge is 0.463 e. The van der Waals surface area contributed by atoms with Crippen LogP contribution >= 0.6 is 0 Å². The van der Waals surface area contributed by atoms with Crippen LogP contribution in [0.4, 0.5) is 42.1 Å². The van der Waals surface area contributed by atoms with Gasteiger partial charge in [-0.3, -0.25) is 4.79 Å². The number of hydrogen-bond acceptors (Lipinski definition) is 2. The van der Waals surface area contributed by atoms with E-state index in [9.17, 15) is 35.5 Å². The molecule has 1 amide bonds. The van der Waals surface area contributed by atoms with Crippen molar-refractivity contribution in [1.29, 1.82) is 0 Å². The summed E-state index contributed by atoms with van der Waals surface area (Å²) in [7, 11) is 0. The van der Waals surface area contributed by atoms with E-state index in [1.54, 1.807) is 0 Å². The minimum atomic E-state index is -6.14. The molecule has 0 aromatic heterocycles. The number of hydrogen-bond donors (Lipinski definition) is 2. The number of carbonyl (C=O) groups excluding carboxylic acids is 1. The van der Waals surface area contributed by atoms with Crippen molar-refractivity contribution in [3.63, 3.8) is 0 Å². The Morgan fingerprint density at radius 1 is 1.05 bits per heavy atom. The summed E-state index contributed by atoms with van der Waals surface area (Å²) in [5.74, 6) is -11.3. The molecule has 106 valence electrons. The Morgan fingerprint density at radius 3 is 2.05 bits per heavy atom. The summed E-state index contributed by atoms with van der Waals surface area (Å²) in [5, 5.41) is 0.994. The van der Waals surface area contributed by atoms with Crippen LogP contribution in [0.5, 0.6) is 0 Å². The molecule has 3 nitrogen and oxygen atoms in total. The van der Waals surface area contributed by atoms with Gasteiger partial charge in [-0.05, 0) is 6.07 Å². The van der Waals surface area contributed by atoms with Crippen LogP contribution in [0.3, 0.4) is 0 Å². The number of nitrogen functional groups attached to an aromatic ring is 1. The van der Waals surface area contributed by atoms with Crippen LogP contribution in [-0.4, -0.2) is 18.0 Å². The molecule has 19 heavy (non-hydrogen) atoms. The van der Waals surface area contributed by atoms with Crippen LogP contribution in [0.25, 0.3) is 0 Å². The van der Waals surface area contributed by atoms with Gasteiger partial charge < -0.3 is 11.1 Å². The van der Waals surface area contributed by atoms with Gasteiger partial charge in [0.1, 0.15) is 11.6 Å². The molecule has 0 aliphatic rings. The van der Waals surface area contributed by atoms with Gasteiger partial charge in [0.25, 0.3) is 0 Å². The van der Waals surface area contributed by atoms with Gasteiger partial charge in [0, 0.05) is 6.07 Å². The topological polar surface area (TPSA) is 55.1 Å². The van der Waals surface area contributed by atoms with Gasteiger partial charge in [-0.25, -0.2) is 8.78 Å². The third-order valence-electron chi connectivity index (χ3n) is 1.98. The van der Waals surface area contributed by atoms with Crippen LogP contribution in [0.1, 0.15) is 0 Å². The highest BCUT2D eigenvalue weighted by Crippen LogP contribution is 2.36. The molecule has 0 atom stereocenters. The number of halogens is 7. The summed E-state index contributed by atoms with van der Waals surface area (Å²) in [4.78, 5) is 10.7. The fourth-order valence-corrected chi connectivity index (χ4v) is 0.991. The van der Waals surface area contributed by atoms with Gasteiger partial charge >= 0.3 is 18.0 Å². The first-order valence-electron chi connectivity index (χ1n) is 4.47. The molecule has 0 fully saturated rings. The third kappa shape index (κ3) is 2.88. The molecule has 0 saturated carbocycles. The molecule has 3 N–H and O–H groups in total. The van der Waals surface area contributed by atoms with E-state index in [0.717, 1.165) is 5.32 Å². The normalized spacial score (nSPS) is 12.4. The first kappa shape index (κ1) is 15.1.